The van der Waals surface area contributed by atoms with Gasteiger partial charge in [0.15, 0.2) is 0 Å². The molecule has 0 spiro atoms. The first-order valence-electron chi connectivity index (χ1n) is 9.71. The maximum Gasteiger partial charge on any atom is 0.243 e. The summed E-state index contributed by atoms with van der Waals surface area (Å²) in [5.41, 5.74) is 1.98. The van der Waals surface area contributed by atoms with Gasteiger partial charge in [-0.05, 0) is 55.3 Å². The summed E-state index contributed by atoms with van der Waals surface area (Å²) in [7, 11) is 0.412. The van der Waals surface area contributed by atoms with Crippen LogP contribution in [0.5, 0.6) is 0 Å². The van der Waals surface area contributed by atoms with E-state index in [2.05, 4.69) is 10.1 Å². The minimum Gasteiger partial charge on any atom is -0.378 e. The smallest absolute Gasteiger partial charge is 0.243 e. The summed E-state index contributed by atoms with van der Waals surface area (Å²) >= 11 is 5.96. The Hall–Kier alpha value is -2.42. The monoisotopic (exact) mass is 446 g/mol. The van der Waals surface area contributed by atoms with E-state index in [4.69, 9.17) is 16.1 Å². The molecule has 0 unspecified atom stereocenters. The predicted molar refractivity (Wildman–Crippen MR) is 116 cm³/mol. The van der Waals surface area contributed by atoms with Crippen molar-refractivity contribution >= 4 is 27.3 Å². The molecule has 0 aliphatic carbocycles. The van der Waals surface area contributed by atoms with Crippen LogP contribution in [0.4, 0.5) is 5.69 Å². The molecule has 0 saturated carbocycles. The normalized spacial score (nSPS) is 16.0. The lowest BCUT2D eigenvalue weighted by atomic mass is 9.98. The van der Waals surface area contributed by atoms with Crippen molar-refractivity contribution in [3.8, 4) is 11.4 Å². The highest BCUT2D eigenvalue weighted by molar-refractivity contribution is 7.89. The van der Waals surface area contributed by atoms with Gasteiger partial charge in [-0.15, -0.1) is 0 Å². The third-order valence-corrected chi connectivity index (χ3v) is 7.45. The standard InChI is InChI=1S/C21H23ClN4O3S/c1-25(2)18-8-6-15(7-9-18)20-23-21(29-24-20)16-10-12-26(13-11-16)30(27,28)19-5-3-4-17(22)14-19/h3-9,14,16H,10-13H2,1-2H3. The lowest BCUT2D eigenvalue weighted by molar-refractivity contribution is 0.271. The van der Waals surface area contributed by atoms with E-state index in [-0.39, 0.29) is 10.8 Å². The molecule has 1 aliphatic heterocycles. The molecule has 7 nitrogen and oxygen atoms in total. The second kappa shape index (κ2) is 8.37. The van der Waals surface area contributed by atoms with Crippen molar-refractivity contribution in [1.29, 1.82) is 0 Å². The fraction of sp³-hybridized carbons (Fsp3) is 0.333. The van der Waals surface area contributed by atoms with Gasteiger partial charge in [-0.2, -0.15) is 9.29 Å². The average molecular weight is 447 g/mol. The van der Waals surface area contributed by atoms with Crippen molar-refractivity contribution < 1.29 is 12.9 Å². The quantitative estimate of drug-likeness (QED) is 0.588. The van der Waals surface area contributed by atoms with Crippen molar-refractivity contribution in [2.75, 3.05) is 32.1 Å². The maximum atomic E-state index is 12.9. The van der Waals surface area contributed by atoms with Gasteiger partial charge in [-0.3, -0.25) is 0 Å². The van der Waals surface area contributed by atoms with Crippen molar-refractivity contribution in [2.24, 2.45) is 0 Å². The van der Waals surface area contributed by atoms with E-state index < -0.39 is 10.0 Å². The largest absolute Gasteiger partial charge is 0.378 e. The van der Waals surface area contributed by atoms with Crippen LogP contribution in [0.15, 0.2) is 57.9 Å². The van der Waals surface area contributed by atoms with Crippen LogP contribution in [0.1, 0.15) is 24.7 Å². The van der Waals surface area contributed by atoms with Crippen LogP contribution in [0.2, 0.25) is 5.02 Å². The van der Waals surface area contributed by atoms with E-state index in [1.165, 1.54) is 10.4 Å². The number of halogens is 1. The van der Waals surface area contributed by atoms with Crippen LogP contribution < -0.4 is 4.90 Å². The van der Waals surface area contributed by atoms with E-state index >= 15 is 0 Å². The van der Waals surface area contributed by atoms with Gasteiger partial charge >= 0.3 is 0 Å². The van der Waals surface area contributed by atoms with E-state index in [0.717, 1.165) is 11.3 Å². The summed E-state index contributed by atoms with van der Waals surface area (Å²) in [5, 5.41) is 4.52. The van der Waals surface area contributed by atoms with Gasteiger partial charge in [0.1, 0.15) is 0 Å². The molecule has 2 aromatic carbocycles. The molecule has 9 heteroatoms. The zero-order valence-corrected chi connectivity index (χ0v) is 18.4. The molecule has 30 heavy (non-hydrogen) atoms. The number of aromatic nitrogens is 2. The molecule has 0 atom stereocenters. The summed E-state index contributed by atoms with van der Waals surface area (Å²) in [6, 6.07) is 14.3. The van der Waals surface area contributed by atoms with Crippen molar-refractivity contribution in [3.63, 3.8) is 0 Å². The Morgan fingerprint density at radius 1 is 1.10 bits per heavy atom. The molecule has 1 aromatic heterocycles. The molecule has 0 bridgehead atoms. The maximum absolute atomic E-state index is 12.9. The summed E-state index contributed by atoms with van der Waals surface area (Å²) < 4.78 is 32.7. The highest BCUT2D eigenvalue weighted by Gasteiger charge is 2.32. The van der Waals surface area contributed by atoms with Gasteiger partial charge in [0, 0.05) is 49.4 Å². The van der Waals surface area contributed by atoms with Gasteiger partial charge in [0.25, 0.3) is 0 Å². The molecule has 158 valence electrons. The first-order chi connectivity index (χ1) is 14.3. The van der Waals surface area contributed by atoms with Crippen LogP contribution >= 0.6 is 11.6 Å². The molecule has 1 aliphatic rings. The molecule has 3 aromatic rings. The number of rotatable bonds is 5. The first kappa shape index (κ1) is 20.8. The molecule has 4 rings (SSSR count). The Bertz CT molecular complexity index is 1120. The minimum absolute atomic E-state index is 0.0399. The Labute approximate surface area is 181 Å². The van der Waals surface area contributed by atoms with Crippen molar-refractivity contribution in [3.05, 3.63) is 59.4 Å². The molecule has 1 saturated heterocycles. The number of sulfonamides is 1. The Morgan fingerprint density at radius 3 is 2.43 bits per heavy atom. The second-order valence-corrected chi connectivity index (χ2v) is 9.91. The summed E-state index contributed by atoms with van der Waals surface area (Å²) in [4.78, 5) is 6.80. The minimum atomic E-state index is -3.56. The predicted octanol–water partition coefficient (Wildman–Crippen LogP) is 4.02. The Balaban J connectivity index is 1.43. The van der Waals surface area contributed by atoms with Crippen molar-refractivity contribution in [1.82, 2.24) is 14.4 Å². The third kappa shape index (κ3) is 4.21. The fourth-order valence-electron chi connectivity index (χ4n) is 3.55. The molecule has 0 N–H and O–H groups in total. The molecule has 2 heterocycles. The summed E-state index contributed by atoms with van der Waals surface area (Å²) in [6.45, 7) is 0.795. The number of nitrogens with zero attached hydrogens (tertiary/aromatic N) is 4. The second-order valence-electron chi connectivity index (χ2n) is 7.53. The van der Waals surface area contributed by atoms with E-state index in [9.17, 15) is 8.42 Å². The average Bonchev–Trinajstić information content (AvgIpc) is 3.24. The Morgan fingerprint density at radius 2 is 1.80 bits per heavy atom. The van der Waals surface area contributed by atoms with Crippen LogP contribution in [0, 0.1) is 0 Å². The van der Waals surface area contributed by atoms with Gasteiger partial charge in [-0.1, -0.05) is 22.8 Å². The lowest BCUT2D eigenvalue weighted by Gasteiger charge is -2.29. The van der Waals surface area contributed by atoms with E-state index in [1.807, 2.05) is 43.3 Å². The number of hydrogen-bond donors (Lipinski definition) is 0. The van der Waals surface area contributed by atoms with Crippen LogP contribution in [-0.2, 0) is 10.0 Å². The number of benzene rings is 2. The molecular weight excluding hydrogens is 424 g/mol. The number of piperidine rings is 1. The van der Waals surface area contributed by atoms with Crippen LogP contribution in [0.3, 0.4) is 0 Å². The van der Waals surface area contributed by atoms with Gasteiger partial charge in [-0.25, -0.2) is 8.42 Å². The van der Waals surface area contributed by atoms with Crippen LogP contribution in [-0.4, -0.2) is 50.0 Å². The van der Waals surface area contributed by atoms with Crippen molar-refractivity contribution in [2.45, 2.75) is 23.7 Å². The topological polar surface area (TPSA) is 79.5 Å². The van der Waals surface area contributed by atoms with E-state index in [0.29, 0.717) is 42.7 Å². The molecule has 1 fully saturated rings. The summed E-state index contributed by atoms with van der Waals surface area (Å²) in [6.07, 6.45) is 1.25. The highest BCUT2D eigenvalue weighted by Crippen LogP contribution is 2.31. The zero-order valence-electron chi connectivity index (χ0n) is 16.8. The fourth-order valence-corrected chi connectivity index (χ4v) is 5.32. The molecule has 0 amide bonds. The van der Waals surface area contributed by atoms with Gasteiger partial charge in [0.05, 0.1) is 4.90 Å². The molecule has 0 radical (unpaired) electrons. The highest BCUT2D eigenvalue weighted by atomic mass is 35.5. The number of anilines is 1. The SMILES string of the molecule is CN(C)c1ccc(-c2noc(C3CCN(S(=O)(=O)c4cccc(Cl)c4)CC3)n2)cc1. The first-order valence-corrected chi connectivity index (χ1v) is 11.5. The van der Waals surface area contributed by atoms with Gasteiger partial charge < -0.3 is 9.42 Å². The van der Waals surface area contributed by atoms with Crippen LogP contribution in [0.25, 0.3) is 11.4 Å². The summed E-state index contributed by atoms with van der Waals surface area (Å²) in [5.74, 6) is 1.14. The zero-order chi connectivity index (χ0) is 21.3. The van der Waals surface area contributed by atoms with Gasteiger partial charge in [0.2, 0.25) is 21.7 Å². The lowest BCUT2D eigenvalue weighted by Crippen LogP contribution is -2.37. The molecular formula is C21H23ClN4O3S. The van der Waals surface area contributed by atoms with E-state index in [1.54, 1.807) is 18.2 Å². The third-order valence-electron chi connectivity index (χ3n) is 5.32. The number of hydrogen-bond acceptors (Lipinski definition) is 6. The Kier molecular flexibility index (Phi) is 5.81.